The van der Waals surface area contributed by atoms with Crippen LogP contribution in [0.1, 0.15) is 46.2 Å². The van der Waals surface area contributed by atoms with Gasteiger partial charge < -0.3 is 15.4 Å². The molecule has 2 aromatic rings. The lowest BCUT2D eigenvalue weighted by Crippen LogP contribution is -2.32. The van der Waals surface area contributed by atoms with Gasteiger partial charge in [0.1, 0.15) is 5.69 Å². The molecule has 0 aliphatic carbocycles. The van der Waals surface area contributed by atoms with Gasteiger partial charge in [0, 0.05) is 30.6 Å². The van der Waals surface area contributed by atoms with Crippen molar-refractivity contribution in [3.05, 3.63) is 59.4 Å². The van der Waals surface area contributed by atoms with Crippen molar-refractivity contribution in [2.75, 3.05) is 18.5 Å². The van der Waals surface area contributed by atoms with Crippen LogP contribution < -0.4 is 10.6 Å². The third-order valence-corrected chi connectivity index (χ3v) is 4.42. The Labute approximate surface area is 153 Å². The zero-order chi connectivity index (χ0) is 18.4. The normalized spacial score (nSPS) is 16.3. The van der Waals surface area contributed by atoms with Crippen LogP contribution in [-0.2, 0) is 11.2 Å². The van der Waals surface area contributed by atoms with Gasteiger partial charge in [-0.05, 0) is 43.0 Å². The number of benzene rings is 1. The van der Waals surface area contributed by atoms with Gasteiger partial charge in [-0.25, -0.2) is 0 Å². The molecule has 3 rings (SSSR count). The standard InChI is InChI=1S/C20H23N3O3/c1-2-14-6-3-4-8-17(14)23-20(25)18-12-15(9-10-21-18)19(24)22-13-16-7-5-11-26-16/h3-4,6,8-10,12,16H,2,5,7,11,13H2,1H3,(H,22,24)(H,23,25). The Morgan fingerprint density at radius 3 is 2.85 bits per heavy atom. The van der Waals surface area contributed by atoms with Crippen LogP contribution in [0.5, 0.6) is 0 Å². The smallest absolute Gasteiger partial charge is 0.274 e. The van der Waals surface area contributed by atoms with Crippen LogP contribution in [0.15, 0.2) is 42.6 Å². The Kier molecular flexibility index (Phi) is 5.96. The van der Waals surface area contributed by atoms with Crippen molar-refractivity contribution in [2.45, 2.75) is 32.3 Å². The molecule has 1 atom stereocenters. The lowest BCUT2D eigenvalue weighted by atomic mass is 10.1. The monoisotopic (exact) mass is 353 g/mol. The number of ether oxygens (including phenoxy) is 1. The van der Waals surface area contributed by atoms with Crippen molar-refractivity contribution in [1.29, 1.82) is 0 Å². The van der Waals surface area contributed by atoms with Crippen molar-refractivity contribution in [2.24, 2.45) is 0 Å². The number of hydrogen-bond donors (Lipinski definition) is 2. The van der Waals surface area contributed by atoms with E-state index in [9.17, 15) is 9.59 Å². The van der Waals surface area contributed by atoms with E-state index >= 15 is 0 Å². The van der Waals surface area contributed by atoms with Crippen LogP contribution in [0, 0.1) is 0 Å². The first-order chi connectivity index (χ1) is 12.7. The topological polar surface area (TPSA) is 80.3 Å². The van der Waals surface area contributed by atoms with Crippen molar-refractivity contribution in [1.82, 2.24) is 10.3 Å². The first-order valence-corrected chi connectivity index (χ1v) is 8.92. The van der Waals surface area contributed by atoms with Crippen molar-refractivity contribution in [3.63, 3.8) is 0 Å². The van der Waals surface area contributed by atoms with E-state index in [2.05, 4.69) is 15.6 Å². The fraction of sp³-hybridized carbons (Fsp3) is 0.350. The third kappa shape index (κ3) is 4.46. The second-order valence-corrected chi connectivity index (χ2v) is 6.24. The molecule has 2 heterocycles. The molecule has 1 fully saturated rings. The number of pyridine rings is 1. The first-order valence-electron chi connectivity index (χ1n) is 8.92. The summed E-state index contributed by atoms with van der Waals surface area (Å²) in [6, 6.07) is 10.7. The van der Waals surface area contributed by atoms with Gasteiger partial charge in [0.05, 0.1) is 6.10 Å². The Morgan fingerprint density at radius 1 is 1.23 bits per heavy atom. The van der Waals surface area contributed by atoms with Crippen LogP contribution >= 0.6 is 0 Å². The molecule has 1 aliphatic heterocycles. The number of aryl methyl sites for hydroxylation is 1. The highest BCUT2D eigenvalue weighted by atomic mass is 16.5. The number of amides is 2. The largest absolute Gasteiger partial charge is 0.376 e. The Hall–Kier alpha value is -2.73. The molecule has 0 radical (unpaired) electrons. The van der Waals surface area contributed by atoms with E-state index in [1.807, 2.05) is 31.2 Å². The molecule has 0 bridgehead atoms. The summed E-state index contributed by atoms with van der Waals surface area (Å²) in [5, 5.41) is 5.72. The molecule has 136 valence electrons. The zero-order valence-corrected chi connectivity index (χ0v) is 14.8. The fourth-order valence-electron chi connectivity index (χ4n) is 2.95. The molecule has 0 spiro atoms. The number of para-hydroxylation sites is 1. The zero-order valence-electron chi connectivity index (χ0n) is 14.8. The number of carbonyl (C=O) groups is 2. The maximum absolute atomic E-state index is 12.5. The lowest BCUT2D eigenvalue weighted by molar-refractivity contribution is 0.0857. The SMILES string of the molecule is CCc1ccccc1NC(=O)c1cc(C(=O)NCC2CCCO2)ccn1. The van der Waals surface area contributed by atoms with Crippen LogP contribution in [0.2, 0.25) is 0 Å². The molecule has 6 nitrogen and oxygen atoms in total. The van der Waals surface area contributed by atoms with Crippen molar-refractivity contribution >= 4 is 17.5 Å². The predicted molar refractivity (Wildman–Crippen MR) is 99.3 cm³/mol. The third-order valence-electron chi connectivity index (χ3n) is 4.42. The molecule has 2 N–H and O–H groups in total. The summed E-state index contributed by atoms with van der Waals surface area (Å²) < 4.78 is 5.50. The average molecular weight is 353 g/mol. The molecule has 1 aromatic heterocycles. The highest BCUT2D eigenvalue weighted by Crippen LogP contribution is 2.16. The van der Waals surface area contributed by atoms with Crippen LogP contribution in [0.4, 0.5) is 5.69 Å². The van der Waals surface area contributed by atoms with E-state index < -0.39 is 0 Å². The number of nitrogens with one attached hydrogen (secondary N) is 2. The van der Waals surface area contributed by atoms with Crippen LogP contribution in [0.25, 0.3) is 0 Å². The summed E-state index contributed by atoms with van der Waals surface area (Å²) in [4.78, 5) is 28.9. The number of nitrogens with zero attached hydrogens (tertiary/aromatic N) is 1. The summed E-state index contributed by atoms with van der Waals surface area (Å²) in [6.07, 6.45) is 4.35. The molecule has 0 saturated carbocycles. The average Bonchev–Trinajstić information content (AvgIpc) is 3.20. The fourth-order valence-corrected chi connectivity index (χ4v) is 2.95. The van der Waals surface area contributed by atoms with Gasteiger partial charge in [-0.1, -0.05) is 25.1 Å². The van der Waals surface area contributed by atoms with Crippen molar-refractivity contribution in [3.8, 4) is 0 Å². The molecule has 1 saturated heterocycles. The lowest BCUT2D eigenvalue weighted by Gasteiger charge is -2.12. The molecule has 1 aromatic carbocycles. The first kappa shape index (κ1) is 18.1. The van der Waals surface area contributed by atoms with E-state index in [-0.39, 0.29) is 23.6 Å². The van der Waals surface area contributed by atoms with E-state index in [1.165, 1.54) is 12.3 Å². The number of aromatic nitrogens is 1. The van der Waals surface area contributed by atoms with Gasteiger partial charge in [-0.3, -0.25) is 14.6 Å². The molecule has 1 unspecified atom stereocenters. The minimum atomic E-state index is -0.334. The van der Waals surface area contributed by atoms with E-state index in [0.717, 1.165) is 37.1 Å². The predicted octanol–water partition coefficient (Wildman–Crippen LogP) is 2.81. The summed E-state index contributed by atoms with van der Waals surface area (Å²) in [6.45, 7) is 3.26. The maximum Gasteiger partial charge on any atom is 0.274 e. The van der Waals surface area contributed by atoms with E-state index in [0.29, 0.717) is 12.1 Å². The summed E-state index contributed by atoms with van der Waals surface area (Å²) in [7, 11) is 0. The van der Waals surface area contributed by atoms with E-state index in [1.54, 1.807) is 6.07 Å². The summed E-state index contributed by atoms with van der Waals surface area (Å²) in [5.41, 5.74) is 2.42. The molecule has 1 aliphatic rings. The number of carbonyl (C=O) groups excluding carboxylic acids is 2. The Morgan fingerprint density at radius 2 is 2.08 bits per heavy atom. The number of anilines is 1. The molecule has 26 heavy (non-hydrogen) atoms. The highest BCUT2D eigenvalue weighted by molar-refractivity contribution is 6.05. The van der Waals surface area contributed by atoms with Gasteiger partial charge >= 0.3 is 0 Å². The maximum atomic E-state index is 12.5. The highest BCUT2D eigenvalue weighted by Gasteiger charge is 2.18. The van der Waals surface area contributed by atoms with Gasteiger partial charge in [-0.2, -0.15) is 0 Å². The van der Waals surface area contributed by atoms with Crippen LogP contribution in [-0.4, -0.2) is 36.1 Å². The minimum absolute atomic E-state index is 0.0779. The van der Waals surface area contributed by atoms with Gasteiger partial charge in [0.15, 0.2) is 0 Å². The number of rotatable bonds is 6. The Balaban J connectivity index is 1.65. The van der Waals surface area contributed by atoms with Crippen LogP contribution in [0.3, 0.4) is 0 Å². The molecule has 6 heteroatoms. The summed E-state index contributed by atoms with van der Waals surface area (Å²) in [5.74, 6) is -0.564. The van der Waals surface area contributed by atoms with E-state index in [4.69, 9.17) is 4.74 Å². The molecule has 2 amide bonds. The summed E-state index contributed by atoms with van der Waals surface area (Å²) >= 11 is 0. The van der Waals surface area contributed by atoms with Gasteiger partial charge in [0.2, 0.25) is 0 Å². The second kappa shape index (κ2) is 8.58. The van der Waals surface area contributed by atoms with Gasteiger partial charge in [-0.15, -0.1) is 0 Å². The minimum Gasteiger partial charge on any atom is -0.376 e. The Bertz CT molecular complexity index is 785. The quantitative estimate of drug-likeness (QED) is 0.837. The molecular weight excluding hydrogens is 330 g/mol. The van der Waals surface area contributed by atoms with Gasteiger partial charge in [0.25, 0.3) is 11.8 Å². The second-order valence-electron chi connectivity index (χ2n) is 6.24. The molecular formula is C20H23N3O3. The number of hydrogen-bond acceptors (Lipinski definition) is 4. The van der Waals surface area contributed by atoms with Crippen molar-refractivity contribution < 1.29 is 14.3 Å².